The summed E-state index contributed by atoms with van der Waals surface area (Å²) < 4.78 is 51.1. The Morgan fingerprint density at radius 1 is 1.03 bits per heavy atom. The number of likely N-dealkylation sites (N-methyl/N-ethyl adjacent to an activating group) is 1. The van der Waals surface area contributed by atoms with Crippen LogP contribution in [-0.4, -0.2) is 71.1 Å². The summed E-state index contributed by atoms with van der Waals surface area (Å²) in [6.45, 7) is 6.44. The first-order chi connectivity index (χ1) is 15.9. The molecule has 0 saturated heterocycles. The number of amides is 1. The molecule has 0 fully saturated rings. The summed E-state index contributed by atoms with van der Waals surface area (Å²) in [7, 11) is -7.31. The Labute approximate surface area is 199 Å². The molecule has 0 aliphatic rings. The fraction of sp³-hybridized carbons (Fsp3) is 0.333. The van der Waals surface area contributed by atoms with Crippen molar-refractivity contribution in [2.24, 2.45) is 5.73 Å². The summed E-state index contributed by atoms with van der Waals surface area (Å²) in [5, 5.41) is 8.15. The molecule has 13 heteroatoms. The van der Waals surface area contributed by atoms with Crippen molar-refractivity contribution >= 4 is 31.7 Å². The number of guanidine groups is 1. The Morgan fingerprint density at radius 3 is 2.18 bits per heavy atom. The predicted molar refractivity (Wildman–Crippen MR) is 128 cm³/mol. The number of sulfone groups is 1. The van der Waals surface area contributed by atoms with Crippen molar-refractivity contribution in [3.63, 3.8) is 0 Å². The lowest BCUT2D eigenvalue weighted by atomic mass is 10.2. The minimum absolute atomic E-state index is 0.000882. The molecule has 4 N–H and O–H groups in total. The molecule has 0 spiro atoms. The predicted octanol–water partition coefficient (Wildman–Crippen LogP) is 1.04. The Hall–Kier alpha value is -3.00. The van der Waals surface area contributed by atoms with Crippen molar-refractivity contribution in [3.05, 3.63) is 54.1 Å². The van der Waals surface area contributed by atoms with Gasteiger partial charge in [-0.25, -0.2) is 21.6 Å². The highest BCUT2D eigenvalue weighted by atomic mass is 32.2. The van der Waals surface area contributed by atoms with Gasteiger partial charge < -0.3 is 15.5 Å². The highest BCUT2D eigenvalue weighted by Crippen LogP contribution is 2.19. The van der Waals surface area contributed by atoms with Gasteiger partial charge in [0.05, 0.1) is 9.79 Å². The quantitative estimate of drug-likeness (QED) is 0.229. The van der Waals surface area contributed by atoms with Crippen LogP contribution in [0.2, 0.25) is 0 Å². The zero-order chi connectivity index (χ0) is 25.5. The van der Waals surface area contributed by atoms with Crippen molar-refractivity contribution < 1.29 is 26.5 Å². The largest absolute Gasteiger partial charge is 0.369 e. The Kier molecular flexibility index (Phi) is 9.15. The van der Waals surface area contributed by atoms with E-state index in [-0.39, 0.29) is 27.6 Å². The average molecular weight is 512 g/mol. The van der Waals surface area contributed by atoms with Crippen molar-refractivity contribution in [1.29, 1.82) is 5.41 Å². The monoisotopic (exact) mass is 511 g/mol. The lowest BCUT2D eigenvalue weighted by molar-refractivity contribution is 0.0152. The van der Waals surface area contributed by atoms with Crippen LogP contribution in [0.25, 0.3) is 0 Å². The molecular weight excluding hydrogens is 482 g/mol. The van der Waals surface area contributed by atoms with E-state index in [2.05, 4.69) is 9.62 Å². The van der Waals surface area contributed by atoms with E-state index in [4.69, 9.17) is 16.0 Å². The third-order valence-corrected chi connectivity index (χ3v) is 7.44. The first-order valence-electron chi connectivity index (χ1n) is 10.4. The van der Waals surface area contributed by atoms with Crippen LogP contribution < -0.4 is 15.3 Å². The summed E-state index contributed by atoms with van der Waals surface area (Å²) in [5.74, 6) is -1.57. The highest BCUT2D eigenvalue weighted by Gasteiger charge is 2.23. The highest BCUT2D eigenvalue weighted by molar-refractivity contribution is 7.90. The van der Waals surface area contributed by atoms with Crippen LogP contribution in [0, 0.1) is 5.41 Å². The molecule has 0 radical (unpaired) electrons. The van der Waals surface area contributed by atoms with Crippen LogP contribution in [0.3, 0.4) is 0 Å². The van der Waals surface area contributed by atoms with E-state index < -0.39 is 31.7 Å². The number of rotatable bonds is 11. The molecule has 2 rings (SSSR count). The SMILES string of the molecule is CCN(CC)CCNS(=O)(=O)c1ccc(ON(C(=N)N)C(=O)c2cccc(S(C)(=O)=O)c2)cc1. The molecular formula is C21H29N5O6S2. The summed E-state index contributed by atoms with van der Waals surface area (Å²) in [6, 6.07) is 10.4. The minimum Gasteiger partial charge on any atom is -0.369 e. The first kappa shape index (κ1) is 27.2. The Balaban J connectivity index is 2.15. The number of benzene rings is 2. The van der Waals surface area contributed by atoms with Gasteiger partial charge in [-0.2, -0.15) is 0 Å². The molecule has 0 aromatic heterocycles. The number of hydrogen-bond acceptors (Lipinski definition) is 8. The van der Waals surface area contributed by atoms with Crippen LogP contribution >= 0.6 is 0 Å². The van der Waals surface area contributed by atoms with Crippen molar-refractivity contribution in [2.75, 3.05) is 32.4 Å². The maximum Gasteiger partial charge on any atom is 0.294 e. The van der Waals surface area contributed by atoms with E-state index in [1.54, 1.807) is 0 Å². The molecule has 0 aliphatic heterocycles. The second-order valence-electron chi connectivity index (χ2n) is 7.27. The van der Waals surface area contributed by atoms with Crippen molar-refractivity contribution in [3.8, 4) is 5.75 Å². The molecule has 1 amide bonds. The molecule has 0 heterocycles. The normalized spacial score (nSPS) is 11.9. The third kappa shape index (κ3) is 7.25. The third-order valence-electron chi connectivity index (χ3n) is 4.86. The van der Waals surface area contributed by atoms with Crippen LogP contribution in [-0.2, 0) is 19.9 Å². The molecule has 2 aromatic carbocycles. The van der Waals surface area contributed by atoms with Gasteiger partial charge in [0.1, 0.15) is 0 Å². The number of nitrogens with zero attached hydrogens (tertiary/aromatic N) is 2. The van der Waals surface area contributed by atoms with E-state index in [0.717, 1.165) is 25.4 Å². The minimum atomic E-state index is -3.75. The number of hydroxylamine groups is 2. The van der Waals surface area contributed by atoms with Gasteiger partial charge in [-0.15, -0.1) is 5.06 Å². The van der Waals surface area contributed by atoms with Gasteiger partial charge >= 0.3 is 0 Å². The van der Waals surface area contributed by atoms with Gasteiger partial charge in [0.15, 0.2) is 15.6 Å². The molecule has 11 nitrogen and oxygen atoms in total. The maximum absolute atomic E-state index is 12.8. The van der Waals surface area contributed by atoms with Crippen LogP contribution in [0.15, 0.2) is 58.3 Å². The molecule has 34 heavy (non-hydrogen) atoms. The van der Waals surface area contributed by atoms with Gasteiger partial charge in [-0.3, -0.25) is 10.2 Å². The van der Waals surface area contributed by atoms with Crippen LogP contribution in [0.5, 0.6) is 5.75 Å². The Morgan fingerprint density at radius 2 is 1.65 bits per heavy atom. The number of hydrogen-bond donors (Lipinski definition) is 3. The van der Waals surface area contributed by atoms with E-state index in [9.17, 15) is 21.6 Å². The summed E-state index contributed by atoms with van der Waals surface area (Å²) in [6.07, 6.45) is 1.00. The number of carbonyl (C=O) groups excluding carboxylic acids is 1. The number of carbonyl (C=O) groups is 1. The lowest BCUT2D eigenvalue weighted by Crippen LogP contribution is -2.43. The zero-order valence-electron chi connectivity index (χ0n) is 19.2. The fourth-order valence-corrected chi connectivity index (χ4v) is 4.61. The van der Waals surface area contributed by atoms with E-state index in [1.807, 2.05) is 13.8 Å². The molecule has 186 valence electrons. The second-order valence-corrected chi connectivity index (χ2v) is 11.1. The first-order valence-corrected chi connectivity index (χ1v) is 13.7. The number of nitrogens with one attached hydrogen (secondary N) is 2. The van der Waals surface area contributed by atoms with Crippen molar-refractivity contribution in [2.45, 2.75) is 23.6 Å². The zero-order valence-corrected chi connectivity index (χ0v) is 20.8. The van der Waals surface area contributed by atoms with Gasteiger partial charge in [-0.05, 0) is 55.6 Å². The summed E-state index contributed by atoms with van der Waals surface area (Å²) in [5.41, 5.74) is 5.42. The molecule has 0 bridgehead atoms. The van der Waals surface area contributed by atoms with Gasteiger partial charge in [0.2, 0.25) is 16.0 Å². The Bertz CT molecular complexity index is 1230. The van der Waals surface area contributed by atoms with E-state index in [1.165, 1.54) is 42.5 Å². The number of sulfonamides is 1. The molecule has 0 saturated carbocycles. The summed E-state index contributed by atoms with van der Waals surface area (Å²) >= 11 is 0. The molecule has 0 aliphatic carbocycles. The van der Waals surface area contributed by atoms with Gasteiger partial charge in [0.25, 0.3) is 5.91 Å². The smallest absolute Gasteiger partial charge is 0.294 e. The summed E-state index contributed by atoms with van der Waals surface area (Å²) in [4.78, 5) is 20.2. The average Bonchev–Trinajstić information content (AvgIpc) is 2.79. The van der Waals surface area contributed by atoms with E-state index in [0.29, 0.717) is 11.6 Å². The topological polar surface area (TPSA) is 163 Å². The van der Waals surface area contributed by atoms with Crippen molar-refractivity contribution in [1.82, 2.24) is 14.7 Å². The lowest BCUT2D eigenvalue weighted by Gasteiger charge is -2.21. The number of nitrogens with two attached hydrogens (primary N) is 1. The van der Waals surface area contributed by atoms with Crippen LogP contribution in [0.4, 0.5) is 0 Å². The molecule has 0 atom stereocenters. The second kappa shape index (κ2) is 11.4. The fourth-order valence-electron chi connectivity index (χ4n) is 2.92. The molecule has 2 aromatic rings. The van der Waals surface area contributed by atoms with E-state index >= 15 is 0 Å². The maximum atomic E-state index is 12.8. The van der Waals surface area contributed by atoms with Gasteiger partial charge in [0, 0.05) is 24.9 Å². The van der Waals surface area contributed by atoms with Gasteiger partial charge in [-0.1, -0.05) is 19.9 Å². The molecule has 0 unspecified atom stereocenters. The standard InChI is InChI=1S/C21H29N5O6S2/c1-4-25(5-2)14-13-24-34(30,31)18-11-9-17(10-12-18)32-26(21(22)23)20(27)16-7-6-8-19(15-16)33(3,28)29/h6-12,15,24H,4-5,13-14H2,1-3H3,(H3,22,23). The van der Waals surface area contributed by atoms with Crippen LogP contribution in [0.1, 0.15) is 24.2 Å².